The van der Waals surface area contributed by atoms with Crippen molar-refractivity contribution in [3.05, 3.63) is 11.7 Å². The molecule has 0 amide bonds. The number of hydrogen-bond acceptors (Lipinski definition) is 5. The quantitative estimate of drug-likeness (QED) is 0.855. The molecule has 0 aliphatic carbocycles. The average molecular weight is 241 g/mol. The molecule has 1 atom stereocenters. The Balaban J connectivity index is 3.03. The van der Waals surface area contributed by atoms with Gasteiger partial charge in [0.15, 0.2) is 0 Å². The first-order valence-corrected chi connectivity index (χ1v) is 5.89. The van der Waals surface area contributed by atoms with Gasteiger partial charge in [-0.15, -0.1) is 0 Å². The summed E-state index contributed by atoms with van der Waals surface area (Å²) < 4.78 is 10.6. The standard InChI is InChI=1S/C12H23N3O2/c1-7-8(16-6)9-14-10(17-15-9)11(2,3)12(4,5)13/h8H,7,13H2,1-6H3. The Morgan fingerprint density at radius 3 is 2.35 bits per heavy atom. The van der Waals surface area contributed by atoms with Gasteiger partial charge in [0.05, 0.1) is 5.41 Å². The van der Waals surface area contributed by atoms with E-state index < -0.39 is 5.54 Å². The topological polar surface area (TPSA) is 74.2 Å². The smallest absolute Gasteiger partial charge is 0.234 e. The summed E-state index contributed by atoms with van der Waals surface area (Å²) in [6.45, 7) is 9.91. The second-order valence-electron chi connectivity index (χ2n) is 5.44. The summed E-state index contributed by atoms with van der Waals surface area (Å²) in [5.74, 6) is 1.14. The normalized spacial score (nSPS) is 15.0. The van der Waals surface area contributed by atoms with E-state index in [0.29, 0.717) is 11.7 Å². The van der Waals surface area contributed by atoms with E-state index in [1.54, 1.807) is 7.11 Å². The third kappa shape index (κ3) is 2.66. The van der Waals surface area contributed by atoms with Crippen molar-refractivity contribution in [2.45, 2.75) is 58.1 Å². The van der Waals surface area contributed by atoms with Crippen LogP contribution in [0.3, 0.4) is 0 Å². The van der Waals surface area contributed by atoms with Crippen molar-refractivity contribution in [3.63, 3.8) is 0 Å². The van der Waals surface area contributed by atoms with Gasteiger partial charge in [0.25, 0.3) is 0 Å². The summed E-state index contributed by atoms with van der Waals surface area (Å²) in [7, 11) is 1.64. The maximum absolute atomic E-state index is 6.14. The Morgan fingerprint density at radius 1 is 1.35 bits per heavy atom. The molecule has 1 unspecified atom stereocenters. The highest BCUT2D eigenvalue weighted by atomic mass is 16.5. The number of ether oxygens (including phenoxy) is 1. The molecule has 0 spiro atoms. The van der Waals surface area contributed by atoms with E-state index in [0.717, 1.165) is 6.42 Å². The van der Waals surface area contributed by atoms with Crippen molar-refractivity contribution in [2.75, 3.05) is 7.11 Å². The molecule has 0 radical (unpaired) electrons. The number of hydrogen-bond donors (Lipinski definition) is 1. The minimum absolute atomic E-state index is 0.121. The van der Waals surface area contributed by atoms with Crippen LogP contribution in [0.25, 0.3) is 0 Å². The van der Waals surface area contributed by atoms with Gasteiger partial charge >= 0.3 is 0 Å². The molecule has 1 heterocycles. The van der Waals surface area contributed by atoms with Gasteiger partial charge in [-0.1, -0.05) is 12.1 Å². The lowest BCUT2D eigenvalue weighted by molar-refractivity contribution is 0.0903. The Bertz CT molecular complexity index is 362. The van der Waals surface area contributed by atoms with Crippen LogP contribution in [0.15, 0.2) is 4.52 Å². The van der Waals surface area contributed by atoms with Crippen LogP contribution in [0, 0.1) is 0 Å². The molecule has 5 nitrogen and oxygen atoms in total. The Labute approximate surface area is 103 Å². The first-order valence-electron chi connectivity index (χ1n) is 5.89. The zero-order valence-electron chi connectivity index (χ0n) is 11.6. The highest BCUT2D eigenvalue weighted by Gasteiger charge is 2.40. The molecule has 1 aromatic heterocycles. The maximum atomic E-state index is 6.14. The molecule has 17 heavy (non-hydrogen) atoms. The predicted molar refractivity (Wildman–Crippen MR) is 65.6 cm³/mol. The van der Waals surface area contributed by atoms with Gasteiger partial charge in [-0.2, -0.15) is 4.98 Å². The minimum atomic E-state index is -0.439. The van der Waals surface area contributed by atoms with E-state index in [2.05, 4.69) is 10.1 Å². The van der Waals surface area contributed by atoms with Crippen LogP contribution in [-0.4, -0.2) is 22.8 Å². The largest absolute Gasteiger partial charge is 0.373 e. The lowest BCUT2D eigenvalue weighted by Crippen LogP contribution is -2.50. The lowest BCUT2D eigenvalue weighted by atomic mass is 9.75. The Morgan fingerprint density at radius 2 is 1.94 bits per heavy atom. The fourth-order valence-electron chi connectivity index (χ4n) is 1.35. The molecule has 0 bridgehead atoms. The molecule has 2 N–H and O–H groups in total. The molecule has 0 fully saturated rings. The van der Waals surface area contributed by atoms with Gasteiger partial charge in [0.1, 0.15) is 6.10 Å². The molecule has 0 saturated carbocycles. The molecular formula is C12H23N3O2. The number of aromatic nitrogens is 2. The molecule has 5 heteroatoms. The number of methoxy groups -OCH3 is 1. The molecule has 0 aliphatic rings. The fraction of sp³-hybridized carbons (Fsp3) is 0.833. The number of nitrogens with zero attached hydrogens (tertiary/aromatic N) is 2. The van der Waals surface area contributed by atoms with Crippen LogP contribution < -0.4 is 5.73 Å². The number of rotatable bonds is 5. The summed E-state index contributed by atoms with van der Waals surface area (Å²) in [6, 6.07) is 0. The van der Waals surface area contributed by atoms with Crippen molar-refractivity contribution >= 4 is 0 Å². The van der Waals surface area contributed by atoms with E-state index >= 15 is 0 Å². The van der Waals surface area contributed by atoms with E-state index in [1.807, 2.05) is 34.6 Å². The fourth-order valence-corrected chi connectivity index (χ4v) is 1.35. The van der Waals surface area contributed by atoms with Gasteiger partial charge < -0.3 is 15.0 Å². The van der Waals surface area contributed by atoms with Crippen molar-refractivity contribution < 1.29 is 9.26 Å². The van der Waals surface area contributed by atoms with Gasteiger partial charge in [0.2, 0.25) is 11.7 Å². The Kier molecular flexibility index (Phi) is 3.94. The zero-order valence-corrected chi connectivity index (χ0v) is 11.6. The van der Waals surface area contributed by atoms with Crippen LogP contribution >= 0.6 is 0 Å². The molecule has 0 saturated heterocycles. The molecule has 1 rings (SSSR count). The highest BCUT2D eigenvalue weighted by Crippen LogP contribution is 2.32. The van der Waals surface area contributed by atoms with Crippen LogP contribution in [-0.2, 0) is 10.2 Å². The number of nitrogens with two attached hydrogens (primary N) is 1. The molecular weight excluding hydrogens is 218 g/mol. The lowest BCUT2D eigenvalue weighted by Gasteiger charge is -2.34. The van der Waals surface area contributed by atoms with Crippen LogP contribution in [0.1, 0.15) is 58.9 Å². The summed E-state index contributed by atoms with van der Waals surface area (Å²) in [6.07, 6.45) is 0.686. The van der Waals surface area contributed by atoms with E-state index in [4.69, 9.17) is 15.0 Å². The predicted octanol–water partition coefficient (Wildman–Crippen LogP) is 2.18. The van der Waals surface area contributed by atoms with E-state index in [-0.39, 0.29) is 11.5 Å². The van der Waals surface area contributed by atoms with Crippen LogP contribution in [0.2, 0.25) is 0 Å². The molecule has 98 valence electrons. The maximum Gasteiger partial charge on any atom is 0.234 e. The summed E-state index contributed by atoms with van der Waals surface area (Å²) in [4.78, 5) is 4.41. The van der Waals surface area contributed by atoms with Crippen molar-refractivity contribution in [3.8, 4) is 0 Å². The highest BCUT2D eigenvalue weighted by molar-refractivity contribution is 5.11. The van der Waals surface area contributed by atoms with Crippen molar-refractivity contribution in [2.24, 2.45) is 5.73 Å². The van der Waals surface area contributed by atoms with Gasteiger partial charge in [-0.3, -0.25) is 0 Å². The monoisotopic (exact) mass is 241 g/mol. The SMILES string of the molecule is CCC(OC)c1noc(C(C)(C)C(C)(C)N)n1. The van der Waals surface area contributed by atoms with Crippen LogP contribution in [0.4, 0.5) is 0 Å². The Hall–Kier alpha value is -0.940. The molecule has 0 aliphatic heterocycles. The third-order valence-corrected chi connectivity index (χ3v) is 3.53. The van der Waals surface area contributed by atoms with E-state index in [1.165, 1.54) is 0 Å². The minimum Gasteiger partial charge on any atom is -0.373 e. The van der Waals surface area contributed by atoms with Crippen LogP contribution in [0.5, 0.6) is 0 Å². The third-order valence-electron chi connectivity index (χ3n) is 3.53. The molecule has 0 aromatic carbocycles. The second kappa shape index (κ2) is 4.74. The first-order chi connectivity index (χ1) is 7.74. The zero-order chi connectivity index (χ0) is 13.3. The van der Waals surface area contributed by atoms with E-state index in [9.17, 15) is 0 Å². The first kappa shape index (κ1) is 14.1. The summed E-state index contributed by atoms with van der Waals surface area (Å²) in [5.41, 5.74) is 5.31. The van der Waals surface area contributed by atoms with Gasteiger partial charge in [-0.25, -0.2) is 0 Å². The van der Waals surface area contributed by atoms with Gasteiger partial charge in [-0.05, 0) is 34.1 Å². The van der Waals surface area contributed by atoms with Crippen molar-refractivity contribution in [1.29, 1.82) is 0 Å². The van der Waals surface area contributed by atoms with Gasteiger partial charge in [0, 0.05) is 12.6 Å². The second-order valence-corrected chi connectivity index (χ2v) is 5.44. The summed E-state index contributed by atoms with van der Waals surface area (Å²) in [5, 5.41) is 3.97. The molecule has 1 aromatic rings. The van der Waals surface area contributed by atoms with Crippen molar-refractivity contribution in [1.82, 2.24) is 10.1 Å². The average Bonchev–Trinajstić information content (AvgIpc) is 2.67. The summed E-state index contributed by atoms with van der Waals surface area (Å²) >= 11 is 0.